The zero-order valence-corrected chi connectivity index (χ0v) is 23.8. The third-order valence-corrected chi connectivity index (χ3v) is 5.57. The zero-order chi connectivity index (χ0) is 27.7. The first-order chi connectivity index (χ1) is 17.2. The minimum atomic E-state index is 0.234. The SMILES string of the molecule is C=O.CCC(CCC(C)C)N(C)C.CNc1c(C=O)oc2cc(Cl)cnc12.CNc1ccc(Cl)cn1. The van der Waals surface area contributed by atoms with Crippen molar-refractivity contribution >= 4 is 58.9 Å². The summed E-state index contributed by atoms with van der Waals surface area (Å²) >= 11 is 11.3. The van der Waals surface area contributed by atoms with E-state index in [1.165, 1.54) is 25.5 Å². The molecule has 0 spiro atoms. The van der Waals surface area contributed by atoms with Crippen LogP contribution >= 0.6 is 23.2 Å². The van der Waals surface area contributed by atoms with Crippen LogP contribution in [-0.2, 0) is 4.79 Å². The molecule has 0 aliphatic rings. The molecule has 0 amide bonds. The topological polar surface area (TPSA) is 100 Å². The Kier molecular flexibility index (Phi) is 17.2. The van der Waals surface area contributed by atoms with Crippen molar-refractivity contribution in [2.45, 2.75) is 46.1 Å². The minimum absolute atomic E-state index is 0.234. The smallest absolute Gasteiger partial charge is 0.192 e. The van der Waals surface area contributed by atoms with Gasteiger partial charge in [0.05, 0.1) is 10.0 Å². The van der Waals surface area contributed by atoms with Crippen molar-refractivity contribution in [2.24, 2.45) is 5.92 Å². The number of hydrogen-bond donors (Lipinski definition) is 2. The lowest BCUT2D eigenvalue weighted by atomic mass is 10.0. The Morgan fingerprint density at radius 3 is 2.14 bits per heavy atom. The molecule has 2 N–H and O–H groups in total. The number of fused-ring (bicyclic) bond motifs is 1. The lowest BCUT2D eigenvalue weighted by Crippen LogP contribution is -2.27. The van der Waals surface area contributed by atoms with E-state index in [4.69, 9.17) is 32.4 Å². The number of furan rings is 1. The van der Waals surface area contributed by atoms with Crippen LogP contribution in [0.15, 0.2) is 35.0 Å². The first kappa shape index (κ1) is 33.3. The van der Waals surface area contributed by atoms with E-state index in [2.05, 4.69) is 60.4 Å². The number of rotatable bonds is 8. The van der Waals surface area contributed by atoms with Crippen LogP contribution in [0.4, 0.5) is 11.5 Å². The van der Waals surface area contributed by atoms with Gasteiger partial charge in [-0.3, -0.25) is 4.79 Å². The molecule has 3 rings (SSSR count). The minimum Gasteiger partial charge on any atom is -0.449 e. The summed E-state index contributed by atoms with van der Waals surface area (Å²) in [4.78, 5) is 29.0. The maximum Gasteiger partial charge on any atom is 0.192 e. The van der Waals surface area contributed by atoms with Crippen LogP contribution in [0.25, 0.3) is 11.1 Å². The highest BCUT2D eigenvalue weighted by molar-refractivity contribution is 6.31. The summed E-state index contributed by atoms with van der Waals surface area (Å²) in [6.45, 7) is 8.86. The van der Waals surface area contributed by atoms with Gasteiger partial charge < -0.3 is 24.7 Å². The molecular weight excluding hydrogens is 501 g/mol. The van der Waals surface area contributed by atoms with E-state index < -0.39 is 0 Å². The van der Waals surface area contributed by atoms with Crippen LogP contribution in [0.2, 0.25) is 10.0 Å². The largest absolute Gasteiger partial charge is 0.449 e. The van der Waals surface area contributed by atoms with Crippen LogP contribution < -0.4 is 10.6 Å². The summed E-state index contributed by atoms with van der Waals surface area (Å²) in [6, 6.07) is 6.03. The molecule has 0 bridgehead atoms. The maximum atomic E-state index is 10.6. The first-order valence-corrected chi connectivity index (χ1v) is 12.4. The molecule has 3 aromatic rings. The van der Waals surface area contributed by atoms with Crippen molar-refractivity contribution < 1.29 is 14.0 Å². The van der Waals surface area contributed by atoms with Crippen LogP contribution in [0.1, 0.15) is 50.6 Å². The summed E-state index contributed by atoms with van der Waals surface area (Å²) in [6.07, 6.45) is 7.74. The van der Waals surface area contributed by atoms with Crippen molar-refractivity contribution in [3.05, 3.63) is 46.4 Å². The van der Waals surface area contributed by atoms with Crippen molar-refractivity contribution in [2.75, 3.05) is 38.8 Å². The van der Waals surface area contributed by atoms with Gasteiger partial charge in [0.25, 0.3) is 0 Å². The Morgan fingerprint density at radius 1 is 1.06 bits per heavy atom. The second kappa shape index (κ2) is 18.6. The highest BCUT2D eigenvalue weighted by Crippen LogP contribution is 2.29. The molecule has 0 aromatic carbocycles. The molecule has 0 aliphatic heterocycles. The predicted molar refractivity (Wildman–Crippen MR) is 152 cm³/mol. The molecule has 0 saturated heterocycles. The van der Waals surface area contributed by atoms with Crippen molar-refractivity contribution in [3.63, 3.8) is 0 Å². The number of nitrogens with one attached hydrogen (secondary N) is 2. The Bertz CT molecular complexity index is 1010. The summed E-state index contributed by atoms with van der Waals surface area (Å²) in [7, 11) is 7.87. The van der Waals surface area contributed by atoms with Crippen LogP contribution in [0.3, 0.4) is 0 Å². The molecule has 200 valence electrons. The van der Waals surface area contributed by atoms with Gasteiger partial charge in [-0.15, -0.1) is 0 Å². The van der Waals surface area contributed by atoms with Gasteiger partial charge in [0.15, 0.2) is 17.6 Å². The Hall–Kier alpha value is -2.68. The molecule has 0 aliphatic carbocycles. The van der Waals surface area contributed by atoms with Gasteiger partial charge in [-0.1, -0.05) is 44.0 Å². The molecule has 10 heteroatoms. The van der Waals surface area contributed by atoms with Crippen molar-refractivity contribution in [1.82, 2.24) is 14.9 Å². The van der Waals surface area contributed by atoms with Crippen molar-refractivity contribution in [3.8, 4) is 0 Å². The molecule has 3 aromatic heterocycles. The number of pyridine rings is 2. The van der Waals surface area contributed by atoms with E-state index in [-0.39, 0.29) is 5.76 Å². The molecule has 8 nitrogen and oxygen atoms in total. The number of halogens is 2. The van der Waals surface area contributed by atoms with Crippen LogP contribution in [-0.4, -0.2) is 62.2 Å². The van der Waals surface area contributed by atoms with E-state index in [0.29, 0.717) is 33.1 Å². The number of anilines is 2. The fourth-order valence-corrected chi connectivity index (χ4v) is 3.43. The normalized spacial score (nSPS) is 10.9. The molecule has 1 unspecified atom stereocenters. The zero-order valence-electron chi connectivity index (χ0n) is 22.3. The monoisotopic (exact) mass is 539 g/mol. The van der Waals surface area contributed by atoms with Gasteiger partial charge in [-0.05, 0) is 51.4 Å². The highest BCUT2D eigenvalue weighted by Gasteiger charge is 2.13. The average molecular weight is 541 g/mol. The van der Waals surface area contributed by atoms with E-state index >= 15 is 0 Å². The third kappa shape index (κ3) is 11.8. The van der Waals surface area contributed by atoms with E-state index in [0.717, 1.165) is 17.8 Å². The van der Waals surface area contributed by atoms with Crippen molar-refractivity contribution in [1.29, 1.82) is 0 Å². The number of carbonyl (C=O) groups excluding carboxylic acids is 2. The summed E-state index contributed by atoms with van der Waals surface area (Å²) in [5.74, 6) is 1.92. The summed E-state index contributed by atoms with van der Waals surface area (Å²) in [5.41, 5.74) is 1.70. The molecule has 0 fully saturated rings. The molecule has 3 heterocycles. The van der Waals surface area contributed by atoms with Crippen LogP contribution in [0.5, 0.6) is 0 Å². The van der Waals surface area contributed by atoms with Gasteiger partial charge in [-0.2, -0.15) is 0 Å². The first-order valence-electron chi connectivity index (χ1n) is 11.6. The third-order valence-electron chi connectivity index (χ3n) is 5.14. The molecule has 0 radical (unpaired) electrons. The fourth-order valence-electron chi connectivity index (χ4n) is 3.17. The fraction of sp³-hybridized carbons (Fsp3) is 0.462. The number of nitrogens with zero attached hydrogens (tertiary/aromatic N) is 3. The molecule has 0 saturated carbocycles. The van der Waals surface area contributed by atoms with Gasteiger partial charge in [0.2, 0.25) is 0 Å². The number of aldehydes is 1. The second-order valence-corrected chi connectivity index (χ2v) is 9.19. The molecule has 36 heavy (non-hydrogen) atoms. The van der Waals surface area contributed by atoms with Gasteiger partial charge in [0, 0.05) is 38.6 Å². The standard InChI is InChI=1S/C10H23N.C9H7ClN2O2.C6H7ClN2.CH2O/c1-6-10(11(4)5)8-7-9(2)3;1-11-8-7(4-13)14-6-2-5(10)3-12-9(6)8;1-8-6-3-2-5(7)4-9-6;1-2/h9-10H,6-8H2,1-5H3;2-4,11H,1H3;2-4H,1H3,(H,8,9);1H2. The van der Waals surface area contributed by atoms with E-state index in [1.807, 2.05) is 19.9 Å². The maximum absolute atomic E-state index is 10.6. The lowest BCUT2D eigenvalue weighted by molar-refractivity contribution is -0.0980. The number of carbonyl (C=O) groups is 2. The lowest BCUT2D eigenvalue weighted by Gasteiger charge is -2.23. The average Bonchev–Trinajstić information content (AvgIpc) is 3.23. The van der Waals surface area contributed by atoms with Crippen LogP contribution in [0, 0.1) is 5.92 Å². The quantitative estimate of drug-likeness (QED) is 0.305. The Morgan fingerprint density at radius 2 is 1.69 bits per heavy atom. The Balaban J connectivity index is 0.000000506. The number of aromatic nitrogens is 2. The summed E-state index contributed by atoms with van der Waals surface area (Å²) in [5, 5.41) is 6.88. The van der Waals surface area contributed by atoms with Gasteiger partial charge >= 0.3 is 0 Å². The molecule has 1 atom stereocenters. The van der Waals surface area contributed by atoms with E-state index in [9.17, 15) is 4.79 Å². The summed E-state index contributed by atoms with van der Waals surface area (Å²) < 4.78 is 5.24. The molecular formula is C26H39Cl2N5O3. The van der Waals surface area contributed by atoms with Gasteiger partial charge in [0.1, 0.15) is 23.8 Å². The highest BCUT2D eigenvalue weighted by atomic mass is 35.5. The second-order valence-electron chi connectivity index (χ2n) is 8.32. The van der Waals surface area contributed by atoms with E-state index in [1.54, 1.807) is 25.4 Å². The number of hydrogen-bond acceptors (Lipinski definition) is 8. The predicted octanol–water partition coefficient (Wildman–Crippen LogP) is 6.69. The van der Waals surface area contributed by atoms with Gasteiger partial charge in [-0.25, -0.2) is 9.97 Å². The Labute approximate surface area is 224 Å².